The highest BCUT2D eigenvalue weighted by atomic mass is 32.2. The molecule has 0 bridgehead atoms. The summed E-state index contributed by atoms with van der Waals surface area (Å²) in [5.74, 6) is 0. The van der Waals surface area contributed by atoms with Crippen LogP contribution in [0.1, 0.15) is 18.5 Å². The zero-order valence-corrected chi connectivity index (χ0v) is 12.7. The molecule has 2 amide bonds. The van der Waals surface area contributed by atoms with Gasteiger partial charge in [0.15, 0.2) is 0 Å². The fourth-order valence-electron chi connectivity index (χ4n) is 1.81. The Balaban J connectivity index is 1.98. The zero-order chi connectivity index (χ0) is 16.2. The largest absolute Gasteiger partial charge is 0.331 e. The Bertz CT molecular complexity index is 745. The van der Waals surface area contributed by atoms with Gasteiger partial charge >= 0.3 is 6.03 Å². The Labute approximate surface area is 128 Å². The van der Waals surface area contributed by atoms with Crippen LogP contribution in [0.2, 0.25) is 0 Å². The molecule has 2 aromatic rings. The minimum absolute atomic E-state index is 0.0119. The number of primary sulfonamides is 1. The van der Waals surface area contributed by atoms with E-state index in [0.717, 1.165) is 5.56 Å². The molecule has 0 radical (unpaired) electrons. The number of nitrogens with two attached hydrogens (primary N) is 1. The monoisotopic (exact) mass is 320 g/mol. The minimum Gasteiger partial charge on any atom is -0.331 e. The van der Waals surface area contributed by atoms with E-state index in [1.165, 1.54) is 24.3 Å². The van der Waals surface area contributed by atoms with E-state index in [1.807, 2.05) is 13.0 Å². The van der Waals surface area contributed by atoms with Crippen LogP contribution in [-0.4, -0.2) is 19.4 Å². The molecule has 0 saturated carbocycles. The Hall–Kier alpha value is -2.45. The molecule has 1 heterocycles. The van der Waals surface area contributed by atoms with E-state index in [9.17, 15) is 13.2 Å². The van der Waals surface area contributed by atoms with Crippen molar-refractivity contribution in [2.24, 2.45) is 5.14 Å². The molecule has 1 aromatic heterocycles. The van der Waals surface area contributed by atoms with Gasteiger partial charge in [0, 0.05) is 18.1 Å². The molecule has 0 fully saturated rings. The maximum absolute atomic E-state index is 11.9. The second-order valence-corrected chi connectivity index (χ2v) is 6.24. The topological polar surface area (TPSA) is 114 Å². The van der Waals surface area contributed by atoms with E-state index in [-0.39, 0.29) is 10.9 Å². The van der Waals surface area contributed by atoms with E-state index in [4.69, 9.17) is 5.14 Å². The molecule has 22 heavy (non-hydrogen) atoms. The van der Waals surface area contributed by atoms with Gasteiger partial charge in [-0.1, -0.05) is 6.07 Å². The van der Waals surface area contributed by atoms with Crippen LogP contribution in [-0.2, 0) is 10.0 Å². The van der Waals surface area contributed by atoms with E-state index in [0.29, 0.717) is 5.69 Å². The van der Waals surface area contributed by atoms with E-state index < -0.39 is 16.1 Å². The van der Waals surface area contributed by atoms with Gasteiger partial charge in [-0.3, -0.25) is 4.98 Å². The second kappa shape index (κ2) is 6.54. The molecule has 8 heteroatoms. The fourth-order valence-corrected chi connectivity index (χ4v) is 2.32. The lowest BCUT2D eigenvalue weighted by Gasteiger charge is -2.14. The normalized spacial score (nSPS) is 12.5. The molecule has 0 saturated heterocycles. The fraction of sp³-hybridized carbons (Fsp3) is 0.143. The maximum atomic E-state index is 11.9. The van der Waals surface area contributed by atoms with Gasteiger partial charge in [0.25, 0.3) is 0 Å². The number of hydrogen-bond acceptors (Lipinski definition) is 4. The van der Waals surface area contributed by atoms with Crippen LogP contribution in [0.15, 0.2) is 53.7 Å². The van der Waals surface area contributed by atoms with Gasteiger partial charge in [-0.15, -0.1) is 0 Å². The Kier molecular flexibility index (Phi) is 4.74. The van der Waals surface area contributed by atoms with Gasteiger partial charge in [0.2, 0.25) is 10.0 Å². The standard InChI is InChI=1S/C14H16N4O3S/c1-10(11-3-2-8-16-9-11)17-14(19)18-12-4-6-13(7-5-12)22(15,20)21/h2-10H,1H3,(H2,15,20,21)(H2,17,18,19)/t10-/m0/s1. The highest BCUT2D eigenvalue weighted by Crippen LogP contribution is 2.14. The molecule has 116 valence electrons. The van der Waals surface area contributed by atoms with Crippen molar-refractivity contribution in [3.8, 4) is 0 Å². The number of benzene rings is 1. The lowest BCUT2D eigenvalue weighted by Crippen LogP contribution is -2.31. The third-order valence-electron chi connectivity index (χ3n) is 2.97. The van der Waals surface area contributed by atoms with E-state index in [1.54, 1.807) is 18.5 Å². The number of carbonyl (C=O) groups excluding carboxylic acids is 1. The van der Waals surface area contributed by atoms with Crippen molar-refractivity contribution in [3.05, 3.63) is 54.4 Å². The summed E-state index contributed by atoms with van der Waals surface area (Å²) in [5.41, 5.74) is 1.34. The third kappa shape index (κ3) is 4.27. The number of rotatable bonds is 4. The molecule has 1 atom stereocenters. The number of urea groups is 1. The van der Waals surface area contributed by atoms with Crippen LogP contribution in [0.4, 0.5) is 10.5 Å². The third-order valence-corrected chi connectivity index (χ3v) is 3.90. The van der Waals surface area contributed by atoms with E-state index in [2.05, 4.69) is 15.6 Å². The molecular formula is C14H16N4O3S. The summed E-state index contributed by atoms with van der Waals surface area (Å²) in [5, 5.41) is 10.4. The molecule has 0 aliphatic heterocycles. The Morgan fingerprint density at radius 2 is 1.91 bits per heavy atom. The lowest BCUT2D eigenvalue weighted by molar-refractivity contribution is 0.249. The van der Waals surface area contributed by atoms with Crippen molar-refractivity contribution in [2.45, 2.75) is 17.9 Å². The van der Waals surface area contributed by atoms with Gasteiger partial charge < -0.3 is 10.6 Å². The number of pyridine rings is 1. The predicted molar refractivity (Wildman–Crippen MR) is 82.6 cm³/mol. The maximum Gasteiger partial charge on any atom is 0.319 e. The average Bonchev–Trinajstić information content (AvgIpc) is 2.47. The predicted octanol–water partition coefficient (Wildman–Crippen LogP) is 1.61. The average molecular weight is 320 g/mol. The first-order chi connectivity index (χ1) is 10.4. The van der Waals surface area contributed by atoms with Crippen molar-refractivity contribution in [1.29, 1.82) is 0 Å². The van der Waals surface area contributed by atoms with Crippen LogP contribution in [0, 0.1) is 0 Å². The number of sulfonamides is 1. The molecule has 0 unspecified atom stereocenters. The quantitative estimate of drug-likeness (QED) is 0.794. The van der Waals surface area contributed by atoms with Crippen LogP contribution in [0.5, 0.6) is 0 Å². The van der Waals surface area contributed by atoms with Gasteiger partial charge in [-0.05, 0) is 42.8 Å². The van der Waals surface area contributed by atoms with Gasteiger partial charge in [-0.2, -0.15) is 0 Å². The Morgan fingerprint density at radius 3 is 2.45 bits per heavy atom. The van der Waals surface area contributed by atoms with Gasteiger partial charge in [-0.25, -0.2) is 18.4 Å². The molecular weight excluding hydrogens is 304 g/mol. The molecule has 0 aliphatic rings. The summed E-state index contributed by atoms with van der Waals surface area (Å²) in [7, 11) is -3.74. The van der Waals surface area contributed by atoms with Crippen LogP contribution < -0.4 is 15.8 Å². The number of nitrogens with one attached hydrogen (secondary N) is 2. The molecule has 0 aliphatic carbocycles. The first kappa shape index (κ1) is 15.9. The van der Waals surface area contributed by atoms with Crippen molar-refractivity contribution >= 4 is 21.7 Å². The lowest BCUT2D eigenvalue weighted by atomic mass is 10.1. The molecule has 4 N–H and O–H groups in total. The molecule has 1 aromatic carbocycles. The van der Waals surface area contributed by atoms with Crippen LogP contribution in [0.25, 0.3) is 0 Å². The summed E-state index contributed by atoms with van der Waals surface area (Å²) < 4.78 is 22.3. The summed E-state index contributed by atoms with van der Waals surface area (Å²) in [6.07, 6.45) is 3.33. The number of aromatic nitrogens is 1. The summed E-state index contributed by atoms with van der Waals surface area (Å²) >= 11 is 0. The van der Waals surface area contributed by atoms with Gasteiger partial charge in [0.05, 0.1) is 10.9 Å². The van der Waals surface area contributed by atoms with Crippen molar-refractivity contribution in [3.63, 3.8) is 0 Å². The number of anilines is 1. The zero-order valence-electron chi connectivity index (χ0n) is 11.9. The molecule has 2 rings (SSSR count). The first-order valence-electron chi connectivity index (χ1n) is 6.46. The highest BCUT2D eigenvalue weighted by Gasteiger charge is 2.11. The second-order valence-electron chi connectivity index (χ2n) is 4.68. The summed E-state index contributed by atoms with van der Waals surface area (Å²) in [6.45, 7) is 1.83. The number of carbonyl (C=O) groups is 1. The van der Waals surface area contributed by atoms with Crippen LogP contribution >= 0.6 is 0 Å². The summed E-state index contributed by atoms with van der Waals surface area (Å²) in [6, 6.07) is 8.63. The molecule has 7 nitrogen and oxygen atoms in total. The van der Waals surface area contributed by atoms with Gasteiger partial charge in [0.1, 0.15) is 0 Å². The highest BCUT2D eigenvalue weighted by molar-refractivity contribution is 7.89. The minimum atomic E-state index is -3.74. The number of hydrogen-bond donors (Lipinski definition) is 3. The first-order valence-corrected chi connectivity index (χ1v) is 8.01. The SMILES string of the molecule is C[C@H](NC(=O)Nc1ccc(S(N)(=O)=O)cc1)c1cccnc1. The van der Waals surface area contributed by atoms with E-state index >= 15 is 0 Å². The molecule has 0 spiro atoms. The van der Waals surface area contributed by atoms with Crippen LogP contribution in [0.3, 0.4) is 0 Å². The van der Waals surface area contributed by atoms with Crippen molar-refractivity contribution in [1.82, 2.24) is 10.3 Å². The number of nitrogens with zero attached hydrogens (tertiary/aromatic N) is 1. The summed E-state index contributed by atoms with van der Waals surface area (Å²) in [4.78, 5) is 15.9. The smallest absolute Gasteiger partial charge is 0.319 e. The Morgan fingerprint density at radius 1 is 1.23 bits per heavy atom. The van der Waals surface area contributed by atoms with Crippen molar-refractivity contribution in [2.75, 3.05) is 5.32 Å². The van der Waals surface area contributed by atoms with Crippen molar-refractivity contribution < 1.29 is 13.2 Å². The number of amides is 2.